The fourth-order valence-electron chi connectivity index (χ4n) is 3.02. The van der Waals surface area contributed by atoms with E-state index in [-0.39, 0.29) is 6.04 Å². The summed E-state index contributed by atoms with van der Waals surface area (Å²) in [5.41, 5.74) is 9.83. The molecule has 1 aliphatic rings. The molecule has 2 rings (SSSR count). The molecule has 0 spiro atoms. The summed E-state index contributed by atoms with van der Waals surface area (Å²) in [5, 5.41) is 0.607. The van der Waals surface area contributed by atoms with Gasteiger partial charge in [0, 0.05) is 11.8 Å². The van der Waals surface area contributed by atoms with Crippen LogP contribution in [0.25, 0.3) is 0 Å². The first-order chi connectivity index (χ1) is 9.22. The minimum Gasteiger partial charge on any atom is -0.383 e. The monoisotopic (exact) mass is 282 g/mol. The Morgan fingerprint density at radius 2 is 1.84 bits per heavy atom. The van der Waals surface area contributed by atoms with Crippen LogP contribution < -0.4 is 17.0 Å². The first kappa shape index (κ1) is 14.6. The molecule has 5 heteroatoms. The summed E-state index contributed by atoms with van der Waals surface area (Å²) in [6.07, 6.45) is 10.4. The highest BCUT2D eigenvalue weighted by molar-refractivity contribution is 6.30. The Balaban J connectivity index is 2.19. The molecule has 0 aromatic carbocycles. The molecule has 1 aromatic rings. The number of nitrogens with zero attached hydrogens (tertiary/aromatic N) is 1. The van der Waals surface area contributed by atoms with Crippen LogP contribution in [0.1, 0.15) is 56.6 Å². The Bertz CT molecular complexity index is 402. The van der Waals surface area contributed by atoms with Crippen LogP contribution in [-0.2, 0) is 0 Å². The van der Waals surface area contributed by atoms with Crippen molar-refractivity contribution < 1.29 is 0 Å². The molecular formula is C14H23ClN4. The van der Waals surface area contributed by atoms with Crippen molar-refractivity contribution in [2.75, 3.05) is 5.73 Å². The van der Waals surface area contributed by atoms with E-state index in [4.69, 9.17) is 23.2 Å². The van der Waals surface area contributed by atoms with Gasteiger partial charge in [-0.2, -0.15) is 0 Å². The van der Waals surface area contributed by atoms with Crippen LogP contribution >= 0.6 is 11.6 Å². The standard InChI is InChI=1S/C14H23ClN4/c15-11-8-12(14(16)18-9-11)13(19-17)10-6-4-2-1-3-5-7-10/h8-10,13,19H,1-7,17H2,(H2,16,18). The lowest BCUT2D eigenvalue weighted by molar-refractivity contribution is 0.291. The van der Waals surface area contributed by atoms with E-state index in [1.807, 2.05) is 6.07 Å². The van der Waals surface area contributed by atoms with E-state index >= 15 is 0 Å². The Hall–Kier alpha value is -0.840. The van der Waals surface area contributed by atoms with Crippen molar-refractivity contribution in [2.24, 2.45) is 11.8 Å². The SMILES string of the molecule is NNC(c1cc(Cl)cnc1N)C1CCCCCCC1. The summed E-state index contributed by atoms with van der Waals surface area (Å²) < 4.78 is 0. The number of pyridine rings is 1. The molecule has 0 bridgehead atoms. The third-order valence-corrected chi connectivity index (χ3v) is 4.26. The van der Waals surface area contributed by atoms with E-state index in [9.17, 15) is 0 Å². The molecule has 1 aromatic heterocycles. The van der Waals surface area contributed by atoms with E-state index in [1.54, 1.807) is 6.20 Å². The number of hydrogen-bond donors (Lipinski definition) is 3. The molecule has 1 saturated carbocycles. The average molecular weight is 283 g/mol. The first-order valence-electron chi connectivity index (χ1n) is 7.09. The van der Waals surface area contributed by atoms with E-state index in [0.29, 0.717) is 16.8 Å². The average Bonchev–Trinajstić information content (AvgIpc) is 2.36. The number of aromatic nitrogens is 1. The highest BCUT2D eigenvalue weighted by Gasteiger charge is 2.25. The maximum atomic E-state index is 6.03. The van der Waals surface area contributed by atoms with Crippen LogP contribution in [0.4, 0.5) is 5.82 Å². The molecule has 1 fully saturated rings. The quantitative estimate of drug-likeness (QED) is 0.588. The lowest BCUT2D eigenvalue weighted by atomic mass is 9.83. The van der Waals surface area contributed by atoms with Crippen molar-refractivity contribution in [1.82, 2.24) is 10.4 Å². The van der Waals surface area contributed by atoms with Gasteiger partial charge in [0.05, 0.1) is 11.1 Å². The van der Waals surface area contributed by atoms with Gasteiger partial charge in [-0.25, -0.2) is 4.98 Å². The Morgan fingerprint density at radius 1 is 1.21 bits per heavy atom. The molecule has 1 atom stereocenters. The van der Waals surface area contributed by atoms with Gasteiger partial charge < -0.3 is 5.73 Å². The van der Waals surface area contributed by atoms with Gasteiger partial charge in [0.1, 0.15) is 5.82 Å². The van der Waals surface area contributed by atoms with Crippen molar-refractivity contribution >= 4 is 17.4 Å². The zero-order valence-electron chi connectivity index (χ0n) is 11.2. The van der Waals surface area contributed by atoms with E-state index in [1.165, 1.54) is 44.9 Å². The normalized spacial score (nSPS) is 19.7. The number of hydrazine groups is 1. The molecule has 0 amide bonds. The summed E-state index contributed by atoms with van der Waals surface area (Å²) >= 11 is 6.03. The Kier molecular flexibility index (Phi) is 5.43. The fraction of sp³-hybridized carbons (Fsp3) is 0.643. The number of hydrogen-bond acceptors (Lipinski definition) is 4. The minimum absolute atomic E-state index is 0.0456. The number of halogens is 1. The highest BCUT2D eigenvalue weighted by Crippen LogP contribution is 2.35. The van der Waals surface area contributed by atoms with Gasteiger partial charge in [-0.05, 0) is 24.8 Å². The number of nitrogens with two attached hydrogens (primary N) is 2. The summed E-state index contributed by atoms with van der Waals surface area (Å²) in [4.78, 5) is 4.13. The van der Waals surface area contributed by atoms with Gasteiger partial charge in [0.25, 0.3) is 0 Å². The zero-order valence-corrected chi connectivity index (χ0v) is 12.0. The van der Waals surface area contributed by atoms with Gasteiger partial charge in [-0.1, -0.05) is 43.7 Å². The van der Waals surface area contributed by atoms with Crippen LogP contribution in [0, 0.1) is 5.92 Å². The molecule has 1 heterocycles. The summed E-state index contributed by atoms with van der Waals surface area (Å²) in [6, 6.07) is 1.93. The Labute approximate surface area is 119 Å². The molecule has 0 saturated heterocycles. The molecule has 4 nitrogen and oxygen atoms in total. The maximum Gasteiger partial charge on any atom is 0.128 e. The molecule has 5 N–H and O–H groups in total. The van der Waals surface area contributed by atoms with E-state index in [0.717, 1.165) is 5.56 Å². The van der Waals surface area contributed by atoms with Crippen molar-refractivity contribution in [1.29, 1.82) is 0 Å². The second-order valence-electron chi connectivity index (χ2n) is 5.38. The summed E-state index contributed by atoms with van der Waals surface area (Å²) in [7, 11) is 0. The van der Waals surface area contributed by atoms with Crippen LogP contribution in [0.3, 0.4) is 0 Å². The second-order valence-corrected chi connectivity index (χ2v) is 5.81. The molecule has 1 aliphatic carbocycles. The minimum atomic E-state index is 0.0456. The van der Waals surface area contributed by atoms with Crippen molar-refractivity contribution in [3.63, 3.8) is 0 Å². The van der Waals surface area contributed by atoms with Gasteiger partial charge in [0.15, 0.2) is 0 Å². The number of rotatable bonds is 3. The Morgan fingerprint density at radius 3 is 2.47 bits per heavy atom. The van der Waals surface area contributed by atoms with Crippen LogP contribution in [-0.4, -0.2) is 4.98 Å². The predicted molar refractivity (Wildman–Crippen MR) is 79.5 cm³/mol. The largest absolute Gasteiger partial charge is 0.383 e. The van der Waals surface area contributed by atoms with Gasteiger partial charge in [0.2, 0.25) is 0 Å². The van der Waals surface area contributed by atoms with Gasteiger partial charge >= 0.3 is 0 Å². The fourth-order valence-corrected chi connectivity index (χ4v) is 3.18. The lowest BCUT2D eigenvalue weighted by Gasteiger charge is -2.29. The van der Waals surface area contributed by atoms with Crippen molar-refractivity contribution in [3.05, 3.63) is 22.8 Å². The highest BCUT2D eigenvalue weighted by atomic mass is 35.5. The molecule has 0 aliphatic heterocycles. The number of nitrogen functional groups attached to an aromatic ring is 1. The van der Waals surface area contributed by atoms with E-state index in [2.05, 4.69) is 10.4 Å². The first-order valence-corrected chi connectivity index (χ1v) is 7.47. The maximum absolute atomic E-state index is 6.03. The topological polar surface area (TPSA) is 77.0 Å². The lowest BCUT2D eigenvalue weighted by Crippen LogP contribution is -2.34. The van der Waals surface area contributed by atoms with Crippen molar-refractivity contribution in [2.45, 2.75) is 51.0 Å². The van der Waals surface area contributed by atoms with Crippen LogP contribution in [0.5, 0.6) is 0 Å². The molecular weight excluding hydrogens is 260 g/mol. The molecule has 0 radical (unpaired) electrons. The summed E-state index contributed by atoms with van der Waals surface area (Å²) in [6.45, 7) is 0. The molecule has 1 unspecified atom stereocenters. The third kappa shape index (κ3) is 3.81. The third-order valence-electron chi connectivity index (χ3n) is 4.05. The van der Waals surface area contributed by atoms with E-state index < -0.39 is 0 Å². The number of nitrogens with one attached hydrogen (secondary N) is 1. The molecule has 106 valence electrons. The second kappa shape index (κ2) is 7.08. The number of anilines is 1. The predicted octanol–water partition coefficient (Wildman–Crippen LogP) is 3.18. The van der Waals surface area contributed by atoms with Gasteiger partial charge in [-0.3, -0.25) is 11.3 Å². The van der Waals surface area contributed by atoms with Crippen molar-refractivity contribution in [3.8, 4) is 0 Å². The smallest absolute Gasteiger partial charge is 0.128 e. The zero-order chi connectivity index (χ0) is 13.7. The molecule has 19 heavy (non-hydrogen) atoms. The van der Waals surface area contributed by atoms with Crippen LogP contribution in [0.2, 0.25) is 5.02 Å². The van der Waals surface area contributed by atoms with Gasteiger partial charge in [-0.15, -0.1) is 0 Å². The summed E-state index contributed by atoms with van der Waals surface area (Å²) in [5.74, 6) is 6.80. The van der Waals surface area contributed by atoms with Crippen LogP contribution in [0.15, 0.2) is 12.3 Å².